The van der Waals surface area contributed by atoms with Crippen molar-refractivity contribution in [3.05, 3.63) is 0 Å². The fraction of sp³-hybridized carbons (Fsp3) is 0.750. The van der Waals surface area contributed by atoms with Crippen LogP contribution in [0.5, 0.6) is 0 Å². The summed E-state index contributed by atoms with van der Waals surface area (Å²) >= 11 is 0. The van der Waals surface area contributed by atoms with E-state index >= 15 is 0 Å². The Morgan fingerprint density at radius 3 is 1.80 bits per heavy atom. The van der Waals surface area contributed by atoms with Crippen molar-refractivity contribution in [2.75, 3.05) is 20.1 Å². The van der Waals surface area contributed by atoms with Crippen molar-refractivity contribution >= 4 is 29.5 Å². The Hall–Kier alpha value is -2.49. The Labute approximate surface area is 177 Å². The molecule has 0 aromatic heterocycles. The van der Waals surface area contributed by atoms with Gasteiger partial charge in [-0.2, -0.15) is 0 Å². The first-order valence-electron chi connectivity index (χ1n) is 10.2. The Kier molecular flexibility index (Phi) is 12.5. The maximum Gasteiger partial charge on any atom is 0.320 e. The predicted octanol–water partition coefficient (Wildman–Crippen LogP) is -0.101. The second kappa shape index (κ2) is 13.7. The summed E-state index contributed by atoms with van der Waals surface area (Å²) in [5, 5.41) is 14.1. The Balaban J connectivity index is 4.78. The summed E-state index contributed by atoms with van der Waals surface area (Å²) in [7, 11) is 1.59. The number of carboxylic acid groups (broad SMARTS) is 1. The third-order valence-electron chi connectivity index (χ3n) is 4.70. The van der Waals surface area contributed by atoms with E-state index in [1.807, 2.05) is 0 Å². The standard InChI is InChI=1S/C20H36N4O6/c1-12(2)16(25)7-9-18(27)23-11-14(24(5)19(28)13(3)4)10-22-17(26)8-6-15(21)20(29)30/h12-15H,6-11,21H2,1-5H3,(H,22,26)(H,23,27)(H,29,30)/t14?,15-/m1/s1. The number of ketones is 1. The number of rotatable bonds is 14. The molecule has 5 N–H and O–H groups in total. The van der Waals surface area contributed by atoms with Crippen LogP contribution in [0.25, 0.3) is 0 Å². The van der Waals surface area contributed by atoms with E-state index in [9.17, 15) is 24.0 Å². The lowest BCUT2D eigenvalue weighted by atomic mass is 10.0. The van der Waals surface area contributed by atoms with E-state index in [-0.39, 0.29) is 68.2 Å². The van der Waals surface area contributed by atoms with E-state index in [1.54, 1.807) is 34.7 Å². The number of amides is 3. The molecule has 0 bridgehead atoms. The molecule has 2 atom stereocenters. The van der Waals surface area contributed by atoms with Crippen LogP contribution < -0.4 is 16.4 Å². The summed E-state index contributed by atoms with van der Waals surface area (Å²) in [4.78, 5) is 60.2. The van der Waals surface area contributed by atoms with Crippen molar-refractivity contribution in [3.8, 4) is 0 Å². The fourth-order valence-electron chi connectivity index (χ4n) is 2.51. The molecule has 172 valence electrons. The van der Waals surface area contributed by atoms with E-state index < -0.39 is 24.0 Å². The number of nitrogens with zero attached hydrogens (tertiary/aromatic N) is 1. The van der Waals surface area contributed by atoms with Gasteiger partial charge in [-0.05, 0) is 6.42 Å². The van der Waals surface area contributed by atoms with Crippen LogP contribution in [0, 0.1) is 11.8 Å². The molecule has 10 heteroatoms. The van der Waals surface area contributed by atoms with Crippen LogP contribution in [0.15, 0.2) is 0 Å². The van der Waals surface area contributed by atoms with Crippen molar-refractivity contribution in [3.63, 3.8) is 0 Å². The summed E-state index contributed by atoms with van der Waals surface area (Å²) < 4.78 is 0. The number of carbonyl (C=O) groups is 5. The summed E-state index contributed by atoms with van der Waals surface area (Å²) in [5.41, 5.74) is 5.39. The second-order valence-electron chi connectivity index (χ2n) is 7.97. The van der Waals surface area contributed by atoms with Gasteiger partial charge in [0, 0.05) is 51.2 Å². The van der Waals surface area contributed by atoms with Gasteiger partial charge >= 0.3 is 5.97 Å². The van der Waals surface area contributed by atoms with Crippen LogP contribution in [0.3, 0.4) is 0 Å². The second-order valence-corrected chi connectivity index (χ2v) is 7.97. The molecular formula is C20H36N4O6. The van der Waals surface area contributed by atoms with Gasteiger partial charge in [-0.3, -0.25) is 24.0 Å². The number of hydrogen-bond donors (Lipinski definition) is 4. The molecule has 1 unspecified atom stereocenters. The highest BCUT2D eigenvalue weighted by Gasteiger charge is 2.23. The maximum atomic E-state index is 12.3. The number of nitrogens with two attached hydrogens (primary N) is 1. The van der Waals surface area contributed by atoms with Crippen LogP contribution in [0.1, 0.15) is 53.4 Å². The Bertz CT molecular complexity index is 620. The summed E-state index contributed by atoms with van der Waals surface area (Å²) in [5.74, 6) is -2.42. The minimum absolute atomic E-state index is 0.000589. The molecular weight excluding hydrogens is 392 g/mol. The molecule has 0 fully saturated rings. The van der Waals surface area contributed by atoms with Crippen LogP contribution >= 0.6 is 0 Å². The molecule has 0 saturated carbocycles. The molecule has 0 spiro atoms. The molecule has 0 saturated heterocycles. The molecule has 0 heterocycles. The third-order valence-corrected chi connectivity index (χ3v) is 4.70. The third kappa shape index (κ3) is 10.9. The fourth-order valence-corrected chi connectivity index (χ4v) is 2.51. The van der Waals surface area contributed by atoms with E-state index in [1.165, 1.54) is 4.90 Å². The highest BCUT2D eigenvalue weighted by atomic mass is 16.4. The van der Waals surface area contributed by atoms with E-state index in [0.29, 0.717) is 0 Å². The molecule has 0 radical (unpaired) electrons. The van der Waals surface area contributed by atoms with E-state index in [2.05, 4.69) is 10.6 Å². The monoisotopic (exact) mass is 428 g/mol. The number of hydrogen-bond acceptors (Lipinski definition) is 6. The highest BCUT2D eigenvalue weighted by Crippen LogP contribution is 2.05. The zero-order valence-electron chi connectivity index (χ0n) is 18.6. The SMILES string of the molecule is CC(C)C(=O)CCC(=O)NCC(CNC(=O)CC[C@@H](N)C(=O)O)N(C)C(=O)C(C)C. The first-order valence-corrected chi connectivity index (χ1v) is 10.2. The molecule has 10 nitrogen and oxygen atoms in total. The predicted molar refractivity (Wildman–Crippen MR) is 111 cm³/mol. The van der Waals surface area contributed by atoms with Crippen molar-refractivity contribution in [2.45, 2.75) is 65.5 Å². The highest BCUT2D eigenvalue weighted by molar-refractivity contribution is 5.86. The summed E-state index contributed by atoms with van der Waals surface area (Å²) in [6.07, 6.45) is 0.138. The lowest BCUT2D eigenvalue weighted by Gasteiger charge is -2.30. The molecule has 0 aliphatic heterocycles. The van der Waals surface area contributed by atoms with Crippen molar-refractivity contribution < 1.29 is 29.1 Å². The van der Waals surface area contributed by atoms with Crippen LogP contribution in [-0.2, 0) is 24.0 Å². The summed E-state index contributed by atoms with van der Waals surface area (Å²) in [6, 6.07) is -1.62. The number of nitrogens with one attached hydrogen (secondary N) is 2. The van der Waals surface area contributed by atoms with Gasteiger partial charge < -0.3 is 26.4 Å². The number of likely N-dealkylation sites (N-methyl/N-ethyl adjacent to an activating group) is 1. The van der Waals surface area contributed by atoms with Crippen molar-refractivity contribution in [1.29, 1.82) is 0 Å². The minimum Gasteiger partial charge on any atom is -0.480 e. The lowest BCUT2D eigenvalue weighted by molar-refractivity contribution is -0.139. The van der Waals surface area contributed by atoms with Crippen molar-refractivity contribution in [1.82, 2.24) is 15.5 Å². The minimum atomic E-state index is -1.18. The quantitative estimate of drug-likeness (QED) is 0.300. The number of carboxylic acids is 1. The average molecular weight is 429 g/mol. The molecule has 0 aromatic rings. The lowest BCUT2D eigenvalue weighted by Crippen LogP contribution is -2.51. The van der Waals surface area contributed by atoms with Gasteiger partial charge in [-0.15, -0.1) is 0 Å². The molecule has 30 heavy (non-hydrogen) atoms. The number of Topliss-reactive ketones (excluding diaryl/α,β-unsaturated/α-hetero) is 1. The first-order chi connectivity index (χ1) is 13.9. The van der Waals surface area contributed by atoms with E-state index in [4.69, 9.17) is 10.8 Å². The zero-order chi connectivity index (χ0) is 23.4. The van der Waals surface area contributed by atoms with Gasteiger partial charge in [-0.25, -0.2) is 0 Å². The van der Waals surface area contributed by atoms with E-state index in [0.717, 1.165) is 0 Å². The topological polar surface area (TPSA) is 159 Å². The largest absolute Gasteiger partial charge is 0.480 e. The molecule has 0 rings (SSSR count). The molecule has 0 aliphatic rings. The van der Waals surface area contributed by atoms with Gasteiger partial charge in [0.25, 0.3) is 0 Å². The number of aliphatic carboxylic acids is 1. The molecule has 3 amide bonds. The number of carbonyl (C=O) groups excluding carboxylic acids is 4. The normalized spacial score (nSPS) is 12.9. The average Bonchev–Trinajstić information content (AvgIpc) is 2.68. The Morgan fingerprint density at radius 1 is 0.867 bits per heavy atom. The first kappa shape index (κ1) is 27.5. The van der Waals surface area contributed by atoms with Crippen LogP contribution in [0.2, 0.25) is 0 Å². The summed E-state index contributed by atoms with van der Waals surface area (Å²) in [6.45, 7) is 7.24. The van der Waals surface area contributed by atoms with Gasteiger partial charge in [-0.1, -0.05) is 27.7 Å². The smallest absolute Gasteiger partial charge is 0.320 e. The van der Waals surface area contributed by atoms with Gasteiger partial charge in [0.05, 0.1) is 6.04 Å². The van der Waals surface area contributed by atoms with Gasteiger partial charge in [0.15, 0.2) is 0 Å². The Morgan fingerprint density at radius 2 is 1.37 bits per heavy atom. The maximum absolute atomic E-state index is 12.3. The van der Waals surface area contributed by atoms with Gasteiger partial charge in [0.1, 0.15) is 11.8 Å². The van der Waals surface area contributed by atoms with Crippen LogP contribution in [0.4, 0.5) is 0 Å². The molecule has 0 aromatic carbocycles. The van der Waals surface area contributed by atoms with Gasteiger partial charge in [0.2, 0.25) is 17.7 Å². The van der Waals surface area contributed by atoms with Crippen LogP contribution in [-0.4, -0.2) is 71.7 Å². The van der Waals surface area contributed by atoms with Crippen molar-refractivity contribution in [2.24, 2.45) is 17.6 Å². The zero-order valence-corrected chi connectivity index (χ0v) is 18.6. The molecule has 0 aliphatic carbocycles.